The van der Waals surface area contributed by atoms with E-state index in [2.05, 4.69) is 37.1 Å². The van der Waals surface area contributed by atoms with Gasteiger partial charge in [0.2, 0.25) is 0 Å². The van der Waals surface area contributed by atoms with E-state index < -0.39 is 0 Å². The summed E-state index contributed by atoms with van der Waals surface area (Å²) in [6, 6.07) is 9.35. The zero-order valence-corrected chi connectivity index (χ0v) is 11.6. The van der Waals surface area contributed by atoms with E-state index in [1.165, 1.54) is 5.56 Å². The van der Waals surface area contributed by atoms with Gasteiger partial charge in [-0.2, -0.15) is 0 Å². The number of rotatable bonds is 4. The molecule has 1 saturated heterocycles. The predicted molar refractivity (Wildman–Crippen MR) is 75.2 cm³/mol. The molecule has 3 nitrogen and oxygen atoms in total. The molecule has 2 rings (SSSR count). The van der Waals surface area contributed by atoms with Crippen molar-refractivity contribution >= 4 is 0 Å². The lowest BCUT2D eigenvalue weighted by atomic mass is 10.1. The number of piperazine rings is 1. The van der Waals surface area contributed by atoms with Crippen molar-refractivity contribution in [3.8, 4) is 5.75 Å². The molecule has 2 atom stereocenters. The van der Waals surface area contributed by atoms with Gasteiger partial charge in [-0.3, -0.25) is 4.90 Å². The number of nitrogens with zero attached hydrogens (tertiary/aromatic N) is 1. The van der Waals surface area contributed by atoms with E-state index in [1.54, 1.807) is 0 Å². The molecule has 0 aliphatic carbocycles. The van der Waals surface area contributed by atoms with Crippen molar-refractivity contribution in [2.24, 2.45) is 0 Å². The fraction of sp³-hybridized carbons (Fsp3) is 0.600. The van der Waals surface area contributed by atoms with Crippen LogP contribution in [0.3, 0.4) is 0 Å². The molecule has 2 unspecified atom stereocenters. The van der Waals surface area contributed by atoms with Gasteiger partial charge in [0.15, 0.2) is 0 Å². The molecule has 3 heteroatoms. The van der Waals surface area contributed by atoms with Crippen LogP contribution in [0, 0.1) is 6.92 Å². The van der Waals surface area contributed by atoms with Gasteiger partial charge in [0.25, 0.3) is 0 Å². The van der Waals surface area contributed by atoms with Crippen LogP contribution in [0.4, 0.5) is 0 Å². The Balaban J connectivity index is 1.77. The zero-order valence-electron chi connectivity index (χ0n) is 11.6. The highest BCUT2D eigenvalue weighted by Gasteiger charge is 2.20. The highest BCUT2D eigenvalue weighted by molar-refractivity contribution is 5.31. The maximum Gasteiger partial charge on any atom is 0.122 e. The van der Waals surface area contributed by atoms with Crippen molar-refractivity contribution in [2.75, 3.05) is 26.2 Å². The van der Waals surface area contributed by atoms with Crippen molar-refractivity contribution in [1.82, 2.24) is 10.2 Å². The first-order valence-electron chi connectivity index (χ1n) is 6.82. The molecule has 1 N–H and O–H groups in total. The summed E-state index contributed by atoms with van der Waals surface area (Å²) in [6.07, 6.45) is 0. The van der Waals surface area contributed by atoms with Crippen molar-refractivity contribution in [2.45, 2.75) is 32.9 Å². The zero-order chi connectivity index (χ0) is 13.0. The van der Waals surface area contributed by atoms with Gasteiger partial charge in [-0.1, -0.05) is 18.2 Å². The third-order valence-corrected chi connectivity index (χ3v) is 3.39. The van der Waals surface area contributed by atoms with Gasteiger partial charge in [0.05, 0.1) is 0 Å². The van der Waals surface area contributed by atoms with Crippen LogP contribution in [0.15, 0.2) is 24.3 Å². The Morgan fingerprint density at radius 2 is 1.89 bits per heavy atom. The Bertz CT molecular complexity index is 371. The van der Waals surface area contributed by atoms with Crippen molar-refractivity contribution in [3.05, 3.63) is 29.8 Å². The summed E-state index contributed by atoms with van der Waals surface area (Å²) in [5.74, 6) is 1.01. The molecule has 0 amide bonds. The number of nitrogens with one attached hydrogen (secondary N) is 1. The standard InChI is InChI=1S/C15H24N2O/c1-12-6-4-5-7-15(12)18-9-8-17-10-13(2)16-14(3)11-17/h4-7,13-14,16H,8-11H2,1-3H3. The van der Waals surface area contributed by atoms with Crippen LogP contribution in [0.1, 0.15) is 19.4 Å². The number of ether oxygens (including phenoxy) is 1. The van der Waals surface area contributed by atoms with Crippen LogP contribution >= 0.6 is 0 Å². The van der Waals surface area contributed by atoms with Crippen molar-refractivity contribution in [1.29, 1.82) is 0 Å². The largest absolute Gasteiger partial charge is 0.492 e. The Morgan fingerprint density at radius 3 is 2.56 bits per heavy atom. The van der Waals surface area contributed by atoms with Crippen molar-refractivity contribution < 1.29 is 4.74 Å². The molecule has 1 aliphatic heterocycles. The smallest absolute Gasteiger partial charge is 0.122 e. The Kier molecular flexibility index (Phi) is 4.61. The van der Waals surface area contributed by atoms with Gasteiger partial charge in [0, 0.05) is 31.7 Å². The van der Waals surface area contributed by atoms with Gasteiger partial charge in [-0.05, 0) is 32.4 Å². The lowest BCUT2D eigenvalue weighted by molar-refractivity contribution is 0.146. The second-order valence-electron chi connectivity index (χ2n) is 5.34. The van der Waals surface area contributed by atoms with Crippen LogP contribution in [-0.2, 0) is 0 Å². The molecule has 0 radical (unpaired) electrons. The molecule has 0 spiro atoms. The molecule has 18 heavy (non-hydrogen) atoms. The first kappa shape index (κ1) is 13.4. The molecule has 1 aromatic rings. The summed E-state index contributed by atoms with van der Waals surface area (Å²) in [5.41, 5.74) is 1.21. The van der Waals surface area contributed by atoms with E-state index in [9.17, 15) is 0 Å². The highest BCUT2D eigenvalue weighted by atomic mass is 16.5. The average Bonchev–Trinajstić information content (AvgIpc) is 2.30. The SMILES string of the molecule is Cc1ccccc1OCCN1CC(C)NC(C)C1. The summed E-state index contributed by atoms with van der Waals surface area (Å²) in [5, 5.41) is 3.54. The van der Waals surface area contributed by atoms with E-state index in [0.717, 1.165) is 32.0 Å². The van der Waals surface area contributed by atoms with Gasteiger partial charge in [-0.25, -0.2) is 0 Å². The molecule has 100 valence electrons. The number of aryl methyl sites for hydroxylation is 1. The van der Waals surface area contributed by atoms with E-state index in [-0.39, 0.29) is 0 Å². The minimum Gasteiger partial charge on any atom is -0.492 e. The number of benzene rings is 1. The fourth-order valence-electron chi connectivity index (χ4n) is 2.63. The highest BCUT2D eigenvalue weighted by Crippen LogP contribution is 2.16. The average molecular weight is 248 g/mol. The molecule has 0 bridgehead atoms. The van der Waals surface area contributed by atoms with Crippen molar-refractivity contribution in [3.63, 3.8) is 0 Å². The van der Waals surface area contributed by atoms with Crippen LogP contribution in [0.25, 0.3) is 0 Å². The summed E-state index contributed by atoms with van der Waals surface area (Å²) < 4.78 is 5.85. The molecular weight excluding hydrogens is 224 g/mol. The Hall–Kier alpha value is -1.06. The number of hydrogen-bond acceptors (Lipinski definition) is 3. The number of hydrogen-bond donors (Lipinski definition) is 1. The van der Waals surface area contributed by atoms with Gasteiger partial charge >= 0.3 is 0 Å². The molecule has 1 aromatic carbocycles. The number of para-hydroxylation sites is 1. The van der Waals surface area contributed by atoms with Crippen LogP contribution in [0.2, 0.25) is 0 Å². The molecule has 0 aromatic heterocycles. The van der Waals surface area contributed by atoms with Crippen LogP contribution < -0.4 is 10.1 Å². The third-order valence-electron chi connectivity index (χ3n) is 3.39. The summed E-state index contributed by atoms with van der Waals surface area (Å²) >= 11 is 0. The Labute approximate surface area is 110 Å². The fourth-order valence-corrected chi connectivity index (χ4v) is 2.63. The Morgan fingerprint density at radius 1 is 1.22 bits per heavy atom. The molecule has 1 aliphatic rings. The van der Waals surface area contributed by atoms with Gasteiger partial charge < -0.3 is 10.1 Å². The maximum atomic E-state index is 5.85. The first-order chi connectivity index (χ1) is 8.65. The quantitative estimate of drug-likeness (QED) is 0.882. The molecule has 0 saturated carbocycles. The van der Waals surface area contributed by atoms with E-state index in [1.807, 2.05) is 18.2 Å². The second-order valence-corrected chi connectivity index (χ2v) is 5.34. The topological polar surface area (TPSA) is 24.5 Å². The molecular formula is C15H24N2O. The van der Waals surface area contributed by atoms with E-state index in [4.69, 9.17) is 4.74 Å². The summed E-state index contributed by atoms with van der Waals surface area (Å²) in [6.45, 7) is 10.6. The first-order valence-corrected chi connectivity index (χ1v) is 6.82. The van der Waals surface area contributed by atoms with E-state index >= 15 is 0 Å². The lowest BCUT2D eigenvalue weighted by Crippen LogP contribution is -2.54. The van der Waals surface area contributed by atoms with Crippen LogP contribution in [-0.4, -0.2) is 43.2 Å². The minimum atomic E-state index is 0.576. The van der Waals surface area contributed by atoms with Crippen LogP contribution in [0.5, 0.6) is 5.75 Å². The molecule has 1 heterocycles. The second kappa shape index (κ2) is 6.21. The van der Waals surface area contributed by atoms with E-state index in [0.29, 0.717) is 12.1 Å². The molecule has 1 fully saturated rings. The maximum absolute atomic E-state index is 5.85. The minimum absolute atomic E-state index is 0.576. The lowest BCUT2D eigenvalue weighted by Gasteiger charge is -2.36. The monoisotopic (exact) mass is 248 g/mol. The van der Waals surface area contributed by atoms with Gasteiger partial charge in [0.1, 0.15) is 12.4 Å². The third kappa shape index (κ3) is 3.72. The predicted octanol–water partition coefficient (Wildman–Crippen LogP) is 2.06. The summed E-state index contributed by atoms with van der Waals surface area (Å²) in [4.78, 5) is 2.48. The normalized spacial score (nSPS) is 25.1. The summed E-state index contributed by atoms with van der Waals surface area (Å²) in [7, 11) is 0. The van der Waals surface area contributed by atoms with Gasteiger partial charge in [-0.15, -0.1) is 0 Å².